The lowest BCUT2D eigenvalue weighted by atomic mass is 10.2. The number of benzene rings is 1. The Bertz CT molecular complexity index is 438. The molecular formula is C16H25NO3S. The van der Waals surface area contributed by atoms with Crippen molar-refractivity contribution in [3.05, 3.63) is 30.4 Å². The number of methoxy groups -OCH3 is 2. The third-order valence-corrected chi connectivity index (χ3v) is 3.81. The average molecular weight is 311 g/mol. The van der Waals surface area contributed by atoms with Gasteiger partial charge in [-0.05, 0) is 30.4 Å². The van der Waals surface area contributed by atoms with Crippen molar-refractivity contribution in [2.24, 2.45) is 0 Å². The smallest absolute Gasteiger partial charge is 0.161 e. The highest BCUT2D eigenvalue weighted by Crippen LogP contribution is 2.34. The zero-order chi connectivity index (χ0) is 15.5. The first-order valence-corrected chi connectivity index (χ1v) is 8.17. The second-order valence-corrected chi connectivity index (χ2v) is 5.23. The van der Waals surface area contributed by atoms with Crippen LogP contribution in [0.2, 0.25) is 0 Å². The predicted molar refractivity (Wildman–Crippen MR) is 88.7 cm³/mol. The molecule has 21 heavy (non-hydrogen) atoms. The average Bonchev–Trinajstić information content (AvgIpc) is 2.53. The van der Waals surface area contributed by atoms with Crippen LogP contribution < -0.4 is 14.8 Å². The lowest BCUT2D eigenvalue weighted by molar-refractivity contribution is 0.140. The molecule has 0 aromatic heterocycles. The summed E-state index contributed by atoms with van der Waals surface area (Å²) in [6.45, 7) is 6.70. The van der Waals surface area contributed by atoms with Crippen LogP contribution in [0.25, 0.3) is 0 Å². The Kier molecular flexibility index (Phi) is 8.98. The maximum atomic E-state index is 5.47. The van der Waals surface area contributed by atoms with E-state index in [-0.39, 0.29) is 0 Å². The number of hydrogen-bond donors (Lipinski definition) is 1. The van der Waals surface area contributed by atoms with Gasteiger partial charge in [-0.15, -0.1) is 18.3 Å². The van der Waals surface area contributed by atoms with Gasteiger partial charge < -0.3 is 19.5 Å². The van der Waals surface area contributed by atoms with Crippen molar-refractivity contribution in [2.75, 3.05) is 40.2 Å². The molecule has 0 aliphatic heterocycles. The molecule has 0 amide bonds. The van der Waals surface area contributed by atoms with Gasteiger partial charge in [-0.3, -0.25) is 0 Å². The van der Waals surface area contributed by atoms with E-state index in [4.69, 9.17) is 14.2 Å². The van der Waals surface area contributed by atoms with Gasteiger partial charge in [-0.25, -0.2) is 0 Å². The molecule has 0 aliphatic rings. The number of nitrogens with one attached hydrogen (secondary N) is 1. The minimum atomic E-state index is 0.704. The highest BCUT2D eigenvalue weighted by atomic mass is 32.2. The van der Waals surface area contributed by atoms with Gasteiger partial charge in [0.05, 0.1) is 27.4 Å². The maximum absolute atomic E-state index is 5.47. The fourth-order valence-corrected chi connectivity index (χ4v) is 2.48. The quantitative estimate of drug-likeness (QED) is 0.386. The third-order valence-electron chi connectivity index (χ3n) is 2.99. The van der Waals surface area contributed by atoms with Crippen LogP contribution in [0.5, 0.6) is 11.5 Å². The van der Waals surface area contributed by atoms with Crippen molar-refractivity contribution in [1.29, 1.82) is 0 Å². The Morgan fingerprint density at radius 2 is 1.90 bits per heavy atom. The summed E-state index contributed by atoms with van der Waals surface area (Å²) in [4.78, 5) is 1.19. The molecule has 0 unspecified atom stereocenters. The zero-order valence-electron chi connectivity index (χ0n) is 13.1. The summed E-state index contributed by atoms with van der Waals surface area (Å²) in [5.74, 6) is 1.52. The first-order valence-electron chi connectivity index (χ1n) is 6.95. The normalized spacial score (nSPS) is 10.4. The molecule has 0 saturated carbocycles. The maximum Gasteiger partial charge on any atom is 0.161 e. The molecule has 0 aliphatic carbocycles. The van der Waals surface area contributed by atoms with Gasteiger partial charge in [-0.1, -0.05) is 6.08 Å². The number of thioether (sulfide) groups is 1. The Labute approximate surface area is 131 Å². The molecule has 0 spiro atoms. The van der Waals surface area contributed by atoms with E-state index in [0.29, 0.717) is 6.61 Å². The van der Waals surface area contributed by atoms with E-state index in [1.165, 1.54) is 10.5 Å². The lowest BCUT2D eigenvalue weighted by Gasteiger charge is -2.14. The van der Waals surface area contributed by atoms with E-state index in [1.807, 2.05) is 18.2 Å². The topological polar surface area (TPSA) is 39.7 Å². The van der Waals surface area contributed by atoms with Crippen LogP contribution >= 0.6 is 11.8 Å². The van der Waals surface area contributed by atoms with E-state index in [2.05, 4.69) is 18.2 Å². The molecular weight excluding hydrogens is 286 g/mol. The summed E-state index contributed by atoms with van der Waals surface area (Å²) < 4.78 is 16.1. The van der Waals surface area contributed by atoms with Gasteiger partial charge in [-0.2, -0.15) is 0 Å². The summed E-state index contributed by atoms with van der Waals surface area (Å²) >= 11 is 1.70. The van der Waals surface area contributed by atoms with Gasteiger partial charge in [0, 0.05) is 18.0 Å². The standard InChI is InChI=1S/C16H25NO3S/c1-5-6-8-20-9-7-17-12-13-10-14(18-2)15(19-3)11-16(13)21-4/h5,10-11,17H,1,6-9,12H2,2-4H3. The molecule has 0 heterocycles. The molecule has 1 rings (SSSR count). The molecule has 0 fully saturated rings. The molecule has 1 aromatic rings. The highest BCUT2D eigenvalue weighted by Gasteiger charge is 2.10. The Balaban J connectivity index is 2.51. The van der Waals surface area contributed by atoms with Crippen molar-refractivity contribution in [2.45, 2.75) is 17.9 Å². The van der Waals surface area contributed by atoms with Gasteiger partial charge in [0.2, 0.25) is 0 Å². The summed E-state index contributed by atoms with van der Waals surface area (Å²) in [5, 5.41) is 3.38. The monoisotopic (exact) mass is 311 g/mol. The second kappa shape index (κ2) is 10.5. The first-order chi connectivity index (χ1) is 10.3. The van der Waals surface area contributed by atoms with Crippen LogP contribution in [-0.2, 0) is 11.3 Å². The van der Waals surface area contributed by atoms with Crippen molar-refractivity contribution in [1.82, 2.24) is 5.32 Å². The zero-order valence-corrected chi connectivity index (χ0v) is 13.9. The van der Waals surface area contributed by atoms with Gasteiger partial charge in [0.15, 0.2) is 11.5 Å². The molecule has 0 bridgehead atoms. The van der Waals surface area contributed by atoms with Crippen molar-refractivity contribution in [3.8, 4) is 11.5 Å². The van der Waals surface area contributed by atoms with Gasteiger partial charge in [0.1, 0.15) is 0 Å². The van der Waals surface area contributed by atoms with Crippen LogP contribution in [0.3, 0.4) is 0 Å². The minimum Gasteiger partial charge on any atom is -0.493 e. The van der Waals surface area contributed by atoms with Crippen molar-refractivity contribution < 1.29 is 14.2 Å². The Morgan fingerprint density at radius 1 is 1.19 bits per heavy atom. The summed E-state index contributed by atoms with van der Waals surface area (Å²) in [6, 6.07) is 4.04. The number of ether oxygens (including phenoxy) is 3. The summed E-state index contributed by atoms with van der Waals surface area (Å²) in [7, 11) is 3.31. The molecule has 0 radical (unpaired) electrons. The predicted octanol–water partition coefficient (Wildman–Crippen LogP) is 3.11. The third kappa shape index (κ3) is 5.99. The van der Waals surface area contributed by atoms with E-state index >= 15 is 0 Å². The lowest BCUT2D eigenvalue weighted by Crippen LogP contribution is -2.20. The van der Waals surface area contributed by atoms with Crippen molar-refractivity contribution in [3.63, 3.8) is 0 Å². The van der Waals surface area contributed by atoms with E-state index in [0.717, 1.165) is 37.6 Å². The van der Waals surface area contributed by atoms with Crippen LogP contribution in [0, 0.1) is 0 Å². The fourth-order valence-electron chi connectivity index (χ4n) is 1.87. The van der Waals surface area contributed by atoms with E-state index in [1.54, 1.807) is 26.0 Å². The van der Waals surface area contributed by atoms with E-state index < -0.39 is 0 Å². The fraction of sp³-hybridized carbons (Fsp3) is 0.500. The van der Waals surface area contributed by atoms with Crippen LogP contribution in [0.1, 0.15) is 12.0 Å². The molecule has 0 atom stereocenters. The molecule has 5 heteroatoms. The van der Waals surface area contributed by atoms with Gasteiger partial charge >= 0.3 is 0 Å². The molecule has 0 saturated heterocycles. The number of hydrogen-bond acceptors (Lipinski definition) is 5. The molecule has 1 aromatic carbocycles. The highest BCUT2D eigenvalue weighted by molar-refractivity contribution is 7.98. The van der Waals surface area contributed by atoms with Crippen LogP contribution in [-0.4, -0.2) is 40.2 Å². The largest absolute Gasteiger partial charge is 0.493 e. The van der Waals surface area contributed by atoms with Gasteiger partial charge in [0.25, 0.3) is 0 Å². The van der Waals surface area contributed by atoms with Crippen LogP contribution in [0.4, 0.5) is 0 Å². The first kappa shape index (κ1) is 17.9. The van der Waals surface area contributed by atoms with Crippen LogP contribution in [0.15, 0.2) is 29.7 Å². The minimum absolute atomic E-state index is 0.704. The van der Waals surface area contributed by atoms with Crippen molar-refractivity contribution >= 4 is 11.8 Å². The summed E-state index contributed by atoms with van der Waals surface area (Å²) in [6.07, 6.45) is 4.82. The molecule has 4 nitrogen and oxygen atoms in total. The van der Waals surface area contributed by atoms with E-state index in [9.17, 15) is 0 Å². The molecule has 1 N–H and O–H groups in total. The number of rotatable bonds is 11. The second-order valence-electron chi connectivity index (χ2n) is 4.39. The Morgan fingerprint density at radius 3 is 2.52 bits per heavy atom. The molecule has 118 valence electrons. The summed E-state index contributed by atoms with van der Waals surface area (Å²) in [5.41, 5.74) is 1.20. The Hall–Kier alpha value is -1.17. The SMILES string of the molecule is C=CCCOCCNCc1cc(OC)c(OC)cc1SC.